The van der Waals surface area contributed by atoms with Gasteiger partial charge in [0.25, 0.3) is 0 Å². The lowest BCUT2D eigenvalue weighted by Crippen LogP contribution is -2.51. The zero-order chi connectivity index (χ0) is 17.9. The number of nitrogens with zero attached hydrogens (tertiary/aromatic N) is 2. The Hall–Kier alpha value is -2.08. The minimum absolute atomic E-state index is 0.0478. The van der Waals surface area contributed by atoms with E-state index in [0.29, 0.717) is 11.6 Å². The molecule has 2 N–H and O–H groups in total. The lowest BCUT2D eigenvalue weighted by Gasteiger charge is -2.37. The molecule has 2 saturated heterocycles. The van der Waals surface area contributed by atoms with Crippen LogP contribution < -0.4 is 15.8 Å². The molecule has 2 aromatic carbocycles. The summed E-state index contributed by atoms with van der Waals surface area (Å²) in [6.07, 6.45) is 0. The highest BCUT2D eigenvalue weighted by Gasteiger charge is 2.37. The Morgan fingerprint density at radius 1 is 1.00 bits per heavy atom. The van der Waals surface area contributed by atoms with E-state index < -0.39 is 0 Å². The number of hydrogen-bond acceptors (Lipinski definition) is 4. The van der Waals surface area contributed by atoms with Gasteiger partial charge < -0.3 is 9.80 Å². The fourth-order valence-corrected chi connectivity index (χ4v) is 4.00. The van der Waals surface area contributed by atoms with E-state index in [9.17, 15) is 4.79 Å². The van der Waals surface area contributed by atoms with E-state index in [0.717, 1.165) is 31.7 Å². The van der Waals surface area contributed by atoms with Gasteiger partial charge in [0.2, 0.25) is 5.91 Å². The highest BCUT2D eigenvalue weighted by Crippen LogP contribution is 2.28. The van der Waals surface area contributed by atoms with Crippen LogP contribution in [0.3, 0.4) is 0 Å². The van der Waals surface area contributed by atoms with E-state index in [2.05, 4.69) is 40.0 Å². The van der Waals surface area contributed by atoms with Crippen LogP contribution in [0.4, 0.5) is 5.69 Å². The van der Waals surface area contributed by atoms with Crippen LogP contribution >= 0.6 is 11.6 Å². The van der Waals surface area contributed by atoms with Crippen molar-refractivity contribution >= 4 is 23.2 Å². The van der Waals surface area contributed by atoms with Gasteiger partial charge in [-0.25, -0.2) is 5.43 Å². The molecular weight excluding hydrogens is 348 g/mol. The molecule has 2 atom stereocenters. The Labute approximate surface area is 158 Å². The average molecular weight is 371 g/mol. The van der Waals surface area contributed by atoms with Crippen LogP contribution in [0.1, 0.15) is 11.6 Å². The van der Waals surface area contributed by atoms with E-state index >= 15 is 0 Å². The number of hydrogen-bond donors (Lipinski definition) is 2. The summed E-state index contributed by atoms with van der Waals surface area (Å²) in [6, 6.07) is 18.1. The van der Waals surface area contributed by atoms with E-state index in [-0.39, 0.29) is 17.9 Å². The number of carbonyl (C=O) groups is 1. The first kappa shape index (κ1) is 17.3. The predicted octanol–water partition coefficient (Wildman–Crippen LogP) is 2.45. The van der Waals surface area contributed by atoms with E-state index in [1.54, 1.807) is 0 Å². The normalized spacial score (nSPS) is 23.3. The molecule has 0 saturated carbocycles. The van der Waals surface area contributed by atoms with Crippen LogP contribution in [0.25, 0.3) is 0 Å². The Morgan fingerprint density at radius 3 is 2.50 bits per heavy atom. The van der Waals surface area contributed by atoms with Crippen molar-refractivity contribution < 1.29 is 4.79 Å². The molecule has 0 aromatic heterocycles. The molecule has 136 valence electrons. The van der Waals surface area contributed by atoms with Gasteiger partial charge in [0.1, 0.15) is 0 Å². The lowest BCUT2D eigenvalue weighted by atomic mass is 9.93. The summed E-state index contributed by atoms with van der Waals surface area (Å²) < 4.78 is 0. The van der Waals surface area contributed by atoms with Crippen LogP contribution in [-0.2, 0) is 4.79 Å². The summed E-state index contributed by atoms with van der Waals surface area (Å²) >= 11 is 6.12. The van der Waals surface area contributed by atoms with Crippen molar-refractivity contribution in [1.82, 2.24) is 15.8 Å². The third-order valence-corrected chi connectivity index (χ3v) is 5.45. The molecule has 5 nitrogen and oxygen atoms in total. The highest BCUT2D eigenvalue weighted by molar-refractivity contribution is 6.30. The molecule has 0 spiro atoms. The van der Waals surface area contributed by atoms with Gasteiger partial charge in [0, 0.05) is 43.4 Å². The van der Waals surface area contributed by atoms with Crippen molar-refractivity contribution in [3.05, 3.63) is 65.2 Å². The van der Waals surface area contributed by atoms with Gasteiger partial charge in [-0.05, 0) is 29.8 Å². The minimum Gasteiger partial charge on any atom is -0.368 e. The Kier molecular flexibility index (Phi) is 5.11. The molecule has 2 fully saturated rings. The molecular formula is C20H23ClN4O. The number of halogens is 1. The number of para-hydroxylation sites is 1. The summed E-state index contributed by atoms with van der Waals surface area (Å²) in [5, 5.41) is 0.693. The highest BCUT2D eigenvalue weighted by atomic mass is 35.5. The fourth-order valence-electron chi connectivity index (χ4n) is 3.80. The number of piperazine rings is 1. The number of anilines is 1. The van der Waals surface area contributed by atoms with E-state index in [4.69, 9.17) is 11.6 Å². The maximum absolute atomic E-state index is 13.1. The maximum atomic E-state index is 13.1. The first-order valence-corrected chi connectivity index (χ1v) is 9.43. The third kappa shape index (κ3) is 3.56. The van der Waals surface area contributed by atoms with E-state index in [1.807, 2.05) is 35.2 Å². The molecule has 26 heavy (non-hydrogen) atoms. The topological polar surface area (TPSA) is 47.6 Å². The maximum Gasteiger partial charge on any atom is 0.229 e. The van der Waals surface area contributed by atoms with Gasteiger partial charge in [-0.1, -0.05) is 41.9 Å². The van der Waals surface area contributed by atoms with Gasteiger partial charge in [0.05, 0.1) is 12.0 Å². The summed E-state index contributed by atoms with van der Waals surface area (Å²) in [4.78, 5) is 17.4. The number of carbonyl (C=O) groups excluding carboxylic acids is 1. The van der Waals surface area contributed by atoms with Crippen molar-refractivity contribution in [2.24, 2.45) is 5.92 Å². The zero-order valence-electron chi connectivity index (χ0n) is 14.6. The smallest absolute Gasteiger partial charge is 0.229 e. The van der Waals surface area contributed by atoms with Crippen LogP contribution in [0.15, 0.2) is 54.6 Å². The largest absolute Gasteiger partial charge is 0.368 e. The summed E-state index contributed by atoms with van der Waals surface area (Å²) in [5.41, 5.74) is 8.65. The first-order chi connectivity index (χ1) is 12.7. The van der Waals surface area contributed by atoms with Crippen LogP contribution in [0, 0.1) is 5.92 Å². The number of benzene rings is 2. The van der Waals surface area contributed by atoms with Gasteiger partial charge in [-0.2, -0.15) is 0 Å². The molecule has 1 amide bonds. The predicted molar refractivity (Wildman–Crippen MR) is 104 cm³/mol. The van der Waals surface area contributed by atoms with Crippen molar-refractivity contribution in [2.75, 3.05) is 37.6 Å². The fraction of sp³-hybridized carbons (Fsp3) is 0.350. The Morgan fingerprint density at radius 2 is 1.77 bits per heavy atom. The van der Waals surface area contributed by atoms with Gasteiger partial charge >= 0.3 is 0 Å². The van der Waals surface area contributed by atoms with Crippen LogP contribution in [0.5, 0.6) is 0 Å². The lowest BCUT2D eigenvalue weighted by molar-refractivity contribution is -0.135. The molecule has 2 aliphatic heterocycles. The molecule has 2 heterocycles. The molecule has 6 heteroatoms. The Balaban J connectivity index is 1.41. The zero-order valence-corrected chi connectivity index (χ0v) is 15.3. The van der Waals surface area contributed by atoms with Crippen molar-refractivity contribution in [1.29, 1.82) is 0 Å². The second-order valence-electron chi connectivity index (χ2n) is 6.81. The summed E-state index contributed by atoms with van der Waals surface area (Å²) in [7, 11) is 0. The second-order valence-corrected chi connectivity index (χ2v) is 7.25. The van der Waals surface area contributed by atoms with Crippen molar-refractivity contribution in [3.8, 4) is 0 Å². The summed E-state index contributed by atoms with van der Waals surface area (Å²) in [5.74, 6) is 0.0944. The molecule has 0 radical (unpaired) electrons. The number of hydrazine groups is 1. The molecule has 4 rings (SSSR count). The van der Waals surface area contributed by atoms with Gasteiger partial charge in [0.15, 0.2) is 0 Å². The summed E-state index contributed by atoms with van der Waals surface area (Å²) in [6.45, 7) is 3.88. The third-order valence-electron chi connectivity index (χ3n) is 5.22. The van der Waals surface area contributed by atoms with E-state index in [1.165, 1.54) is 5.69 Å². The van der Waals surface area contributed by atoms with Crippen molar-refractivity contribution in [3.63, 3.8) is 0 Å². The minimum atomic E-state index is -0.114. The number of amides is 1. The van der Waals surface area contributed by atoms with Crippen LogP contribution in [0.2, 0.25) is 5.02 Å². The molecule has 0 bridgehead atoms. The molecule has 0 aliphatic carbocycles. The van der Waals surface area contributed by atoms with Crippen molar-refractivity contribution in [2.45, 2.75) is 6.04 Å². The van der Waals surface area contributed by atoms with Gasteiger partial charge in [-0.15, -0.1) is 0 Å². The molecule has 2 aromatic rings. The first-order valence-electron chi connectivity index (χ1n) is 9.05. The second kappa shape index (κ2) is 7.66. The quantitative estimate of drug-likeness (QED) is 0.871. The molecule has 2 aliphatic rings. The number of nitrogens with one attached hydrogen (secondary N) is 2. The average Bonchev–Trinajstić information content (AvgIpc) is 3.18. The molecule has 2 unspecified atom stereocenters. The monoisotopic (exact) mass is 370 g/mol. The standard InChI is InChI=1S/C20H23ClN4O/c21-16-6-4-5-15(13-16)19-18(14-22-23-19)20(26)25-11-9-24(10-12-25)17-7-2-1-3-8-17/h1-8,13,18-19,22-23H,9-12,14H2. The van der Waals surface area contributed by atoms with Crippen LogP contribution in [-0.4, -0.2) is 43.5 Å². The number of rotatable bonds is 3. The SMILES string of the molecule is O=C(C1CNNC1c1cccc(Cl)c1)N1CCN(c2ccccc2)CC1. The van der Waals surface area contributed by atoms with Gasteiger partial charge in [-0.3, -0.25) is 10.2 Å². The Bertz CT molecular complexity index is 761.